The van der Waals surface area contributed by atoms with Gasteiger partial charge < -0.3 is 10.5 Å². The number of ether oxygens (including phenoxy) is 1. The Kier molecular flexibility index (Phi) is 3.36. The Morgan fingerprint density at radius 1 is 1.19 bits per heavy atom. The monoisotopic (exact) mass is 279 g/mol. The summed E-state index contributed by atoms with van der Waals surface area (Å²) in [7, 11) is 1.66. The fourth-order valence-corrected chi connectivity index (χ4v) is 2.39. The molecule has 4 heteroatoms. The SMILES string of the molecule is C=C(N)c1nn(Cc2ccc(OC)cc2)c2ccccc12. The highest BCUT2D eigenvalue weighted by Gasteiger charge is 2.11. The standard InChI is InChI=1S/C17H17N3O/c1-12(18)17-15-5-3-4-6-16(15)20(19-17)11-13-7-9-14(21-2)10-8-13/h3-10H,1,11,18H2,2H3. The van der Waals surface area contributed by atoms with Crippen LogP contribution in [0.2, 0.25) is 0 Å². The van der Waals surface area contributed by atoms with Crippen LogP contribution >= 0.6 is 0 Å². The van der Waals surface area contributed by atoms with Crippen LogP contribution in [0.5, 0.6) is 5.75 Å². The van der Waals surface area contributed by atoms with Gasteiger partial charge in [-0.25, -0.2) is 0 Å². The minimum Gasteiger partial charge on any atom is -0.497 e. The molecule has 4 nitrogen and oxygen atoms in total. The molecule has 0 radical (unpaired) electrons. The van der Waals surface area contributed by atoms with Crippen molar-refractivity contribution in [2.75, 3.05) is 7.11 Å². The van der Waals surface area contributed by atoms with Gasteiger partial charge in [0.15, 0.2) is 0 Å². The van der Waals surface area contributed by atoms with E-state index in [4.69, 9.17) is 10.5 Å². The quantitative estimate of drug-likeness (QED) is 0.798. The van der Waals surface area contributed by atoms with Crippen LogP contribution in [0.3, 0.4) is 0 Å². The summed E-state index contributed by atoms with van der Waals surface area (Å²) < 4.78 is 7.12. The summed E-state index contributed by atoms with van der Waals surface area (Å²) in [5.41, 5.74) is 9.27. The third-order valence-electron chi connectivity index (χ3n) is 3.45. The largest absolute Gasteiger partial charge is 0.497 e. The van der Waals surface area contributed by atoms with Crippen LogP contribution < -0.4 is 10.5 Å². The Hall–Kier alpha value is -2.75. The van der Waals surface area contributed by atoms with Crippen LogP contribution in [-0.4, -0.2) is 16.9 Å². The van der Waals surface area contributed by atoms with Crippen molar-refractivity contribution in [3.8, 4) is 5.75 Å². The minimum atomic E-state index is 0.486. The first kappa shape index (κ1) is 13.2. The summed E-state index contributed by atoms with van der Waals surface area (Å²) in [6, 6.07) is 16.0. The van der Waals surface area contributed by atoms with E-state index in [0.29, 0.717) is 12.2 Å². The first-order valence-corrected chi connectivity index (χ1v) is 6.72. The number of benzene rings is 2. The lowest BCUT2D eigenvalue weighted by Crippen LogP contribution is -2.03. The van der Waals surface area contributed by atoms with Gasteiger partial charge in [0.2, 0.25) is 0 Å². The first-order chi connectivity index (χ1) is 10.2. The molecule has 0 bridgehead atoms. The molecule has 1 heterocycles. The zero-order valence-electron chi connectivity index (χ0n) is 11.9. The van der Waals surface area contributed by atoms with Crippen LogP contribution in [0.15, 0.2) is 55.1 Å². The minimum absolute atomic E-state index is 0.486. The maximum absolute atomic E-state index is 5.84. The maximum atomic E-state index is 5.84. The van der Waals surface area contributed by atoms with E-state index in [-0.39, 0.29) is 0 Å². The maximum Gasteiger partial charge on any atom is 0.118 e. The highest BCUT2D eigenvalue weighted by molar-refractivity contribution is 5.89. The third-order valence-corrected chi connectivity index (χ3v) is 3.45. The molecule has 0 amide bonds. The number of para-hydroxylation sites is 1. The average Bonchev–Trinajstić information content (AvgIpc) is 2.87. The lowest BCUT2D eigenvalue weighted by atomic mass is 10.2. The molecule has 2 aromatic carbocycles. The van der Waals surface area contributed by atoms with Gasteiger partial charge in [-0.1, -0.05) is 36.9 Å². The van der Waals surface area contributed by atoms with Crippen molar-refractivity contribution in [3.05, 3.63) is 66.4 Å². The molecule has 0 saturated carbocycles. The fourth-order valence-electron chi connectivity index (χ4n) is 2.39. The van der Waals surface area contributed by atoms with E-state index in [1.54, 1.807) is 7.11 Å². The van der Waals surface area contributed by atoms with Crippen molar-refractivity contribution < 1.29 is 4.74 Å². The molecule has 2 N–H and O–H groups in total. The van der Waals surface area contributed by atoms with Gasteiger partial charge >= 0.3 is 0 Å². The molecule has 3 rings (SSSR count). The number of hydrogen-bond acceptors (Lipinski definition) is 3. The Balaban J connectivity index is 2.01. The average molecular weight is 279 g/mol. The van der Waals surface area contributed by atoms with Gasteiger partial charge in [0.05, 0.1) is 24.9 Å². The molecular weight excluding hydrogens is 262 g/mol. The normalized spacial score (nSPS) is 10.7. The molecule has 0 saturated heterocycles. The van der Waals surface area contributed by atoms with E-state index in [2.05, 4.69) is 11.7 Å². The zero-order valence-corrected chi connectivity index (χ0v) is 11.9. The molecule has 0 fully saturated rings. The van der Waals surface area contributed by atoms with Crippen molar-refractivity contribution in [3.63, 3.8) is 0 Å². The van der Waals surface area contributed by atoms with Crippen molar-refractivity contribution in [1.82, 2.24) is 9.78 Å². The highest BCUT2D eigenvalue weighted by Crippen LogP contribution is 2.22. The number of nitrogens with two attached hydrogens (primary N) is 1. The lowest BCUT2D eigenvalue weighted by Gasteiger charge is -2.05. The highest BCUT2D eigenvalue weighted by atomic mass is 16.5. The van der Waals surface area contributed by atoms with Crippen LogP contribution in [0.25, 0.3) is 16.6 Å². The predicted octanol–water partition coefficient (Wildman–Crippen LogP) is 3.02. The summed E-state index contributed by atoms with van der Waals surface area (Å²) in [6.07, 6.45) is 0. The molecule has 0 aliphatic rings. The number of methoxy groups -OCH3 is 1. The van der Waals surface area contributed by atoms with E-state index < -0.39 is 0 Å². The van der Waals surface area contributed by atoms with Crippen LogP contribution in [0.4, 0.5) is 0 Å². The third kappa shape index (κ3) is 2.48. The van der Waals surface area contributed by atoms with Gasteiger partial charge in [-0.15, -0.1) is 0 Å². The van der Waals surface area contributed by atoms with Gasteiger partial charge in [0.25, 0.3) is 0 Å². The molecule has 106 valence electrons. The summed E-state index contributed by atoms with van der Waals surface area (Å²) in [5, 5.41) is 5.61. The number of fused-ring (bicyclic) bond motifs is 1. The fraction of sp³-hybridized carbons (Fsp3) is 0.118. The zero-order chi connectivity index (χ0) is 14.8. The Labute approximate surface area is 123 Å². The van der Waals surface area contributed by atoms with Crippen LogP contribution in [0.1, 0.15) is 11.3 Å². The molecular formula is C17H17N3O. The molecule has 0 atom stereocenters. The molecule has 0 aliphatic carbocycles. The molecule has 1 aromatic heterocycles. The Morgan fingerprint density at radius 2 is 1.90 bits per heavy atom. The van der Waals surface area contributed by atoms with E-state index in [1.807, 2.05) is 53.2 Å². The van der Waals surface area contributed by atoms with E-state index >= 15 is 0 Å². The summed E-state index contributed by atoms with van der Waals surface area (Å²) in [6.45, 7) is 4.48. The van der Waals surface area contributed by atoms with Crippen molar-refractivity contribution in [1.29, 1.82) is 0 Å². The first-order valence-electron chi connectivity index (χ1n) is 6.72. The topological polar surface area (TPSA) is 53.1 Å². The van der Waals surface area contributed by atoms with Crippen LogP contribution in [-0.2, 0) is 6.54 Å². The van der Waals surface area contributed by atoms with Crippen molar-refractivity contribution >= 4 is 16.6 Å². The van der Waals surface area contributed by atoms with Gasteiger partial charge in [-0.05, 0) is 23.8 Å². The summed E-state index contributed by atoms with van der Waals surface area (Å²) in [5.74, 6) is 0.847. The smallest absolute Gasteiger partial charge is 0.118 e. The summed E-state index contributed by atoms with van der Waals surface area (Å²) >= 11 is 0. The number of nitrogens with zero attached hydrogens (tertiary/aromatic N) is 2. The number of hydrogen-bond donors (Lipinski definition) is 1. The second-order valence-electron chi connectivity index (χ2n) is 4.90. The van der Waals surface area contributed by atoms with E-state index in [9.17, 15) is 0 Å². The molecule has 0 aliphatic heterocycles. The molecule has 21 heavy (non-hydrogen) atoms. The van der Waals surface area contributed by atoms with Gasteiger partial charge in [-0.3, -0.25) is 4.68 Å². The van der Waals surface area contributed by atoms with Gasteiger partial charge in [0.1, 0.15) is 11.4 Å². The lowest BCUT2D eigenvalue weighted by molar-refractivity contribution is 0.414. The van der Waals surface area contributed by atoms with Crippen molar-refractivity contribution in [2.24, 2.45) is 5.73 Å². The van der Waals surface area contributed by atoms with E-state index in [1.165, 1.54) is 0 Å². The van der Waals surface area contributed by atoms with Crippen molar-refractivity contribution in [2.45, 2.75) is 6.54 Å². The van der Waals surface area contributed by atoms with Crippen LogP contribution in [0, 0.1) is 0 Å². The van der Waals surface area contributed by atoms with E-state index in [0.717, 1.165) is 27.9 Å². The number of rotatable bonds is 4. The van der Waals surface area contributed by atoms with Gasteiger partial charge in [-0.2, -0.15) is 5.10 Å². The van der Waals surface area contributed by atoms with Gasteiger partial charge in [0, 0.05) is 5.39 Å². The Bertz CT molecular complexity index is 787. The second-order valence-corrected chi connectivity index (χ2v) is 4.90. The second kappa shape index (κ2) is 5.32. The Morgan fingerprint density at radius 3 is 2.57 bits per heavy atom. The molecule has 3 aromatic rings. The predicted molar refractivity (Wildman–Crippen MR) is 85.1 cm³/mol. The molecule has 0 spiro atoms. The summed E-state index contributed by atoms with van der Waals surface area (Å²) in [4.78, 5) is 0. The molecule has 0 unspecified atom stereocenters. The number of aromatic nitrogens is 2.